The average Bonchev–Trinajstić information content (AvgIpc) is 2.05. The molecule has 62 valence electrons. The molecule has 0 spiro atoms. The van der Waals surface area contributed by atoms with Crippen molar-refractivity contribution in [3.63, 3.8) is 0 Å². The fourth-order valence-corrected chi connectivity index (χ4v) is 1.11. The maximum Gasteiger partial charge on any atom is 0.0909 e. The number of hydrogen-bond acceptors (Lipinski definition) is 3. The van der Waals surface area contributed by atoms with Crippen molar-refractivity contribution in [2.24, 2.45) is 5.73 Å². The van der Waals surface area contributed by atoms with E-state index in [4.69, 9.17) is 5.73 Å². The molecule has 1 unspecified atom stereocenters. The van der Waals surface area contributed by atoms with Crippen LogP contribution in [0.25, 0.3) is 0 Å². The molecule has 0 aromatic heterocycles. The first-order valence-corrected chi connectivity index (χ1v) is 3.74. The Bertz CT molecular complexity index is 196. The molecule has 0 fully saturated rings. The lowest BCUT2D eigenvalue weighted by atomic mass is 10.00. The van der Waals surface area contributed by atoms with Crippen LogP contribution >= 0.6 is 0 Å². The Morgan fingerprint density at radius 1 is 1.55 bits per heavy atom. The lowest BCUT2D eigenvalue weighted by Gasteiger charge is -2.28. The second-order valence-corrected chi connectivity index (χ2v) is 2.77. The summed E-state index contributed by atoms with van der Waals surface area (Å²) in [5.74, 6) is 0. The van der Waals surface area contributed by atoms with Gasteiger partial charge in [0.1, 0.15) is 0 Å². The Kier molecular flexibility index (Phi) is 2.31. The maximum atomic E-state index is 5.95. The summed E-state index contributed by atoms with van der Waals surface area (Å²) in [5.41, 5.74) is 6.73. The van der Waals surface area contributed by atoms with Crippen molar-refractivity contribution >= 4 is 0 Å². The van der Waals surface area contributed by atoms with Crippen molar-refractivity contribution in [3.8, 4) is 0 Å². The first kappa shape index (κ1) is 8.30. The van der Waals surface area contributed by atoms with Gasteiger partial charge in [0, 0.05) is 19.2 Å². The van der Waals surface area contributed by atoms with Crippen molar-refractivity contribution < 1.29 is 0 Å². The molecule has 0 radical (unpaired) electrons. The van der Waals surface area contributed by atoms with E-state index in [0.29, 0.717) is 0 Å². The molecule has 0 heterocycles. The molecule has 0 aromatic rings. The van der Waals surface area contributed by atoms with E-state index in [9.17, 15) is 0 Å². The van der Waals surface area contributed by atoms with Gasteiger partial charge in [0.05, 0.1) is 5.66 Å². The average molecular weight is 153 g/mol. The molecule has 0 amide bonds. The molecule has 11 heavy (non-hydrogen) atoms. The van der Waals surface area contributed by atoms with Crippen LogP contribution in [0.3, 0.4) is 0 Å². The van der Waals surface area contributed by atoms with Gasteiger partial charge in [-0.1, -0.05) is 6.08 Å². The smallest absolute Gasteiger partial charge is 0.0909 e. The van der Waals surface area contributed by atoms with Gasteiger partial charge in [-0.05, 0) is 19.2 Å². The molecule has 1 atom stereocenters. The summed E-state index contributed by atoms with van der Waals surface area (Å²) in [4.78, 5) is 0. The lowest BCUT2D eigenvalue weighted by Crippen LogP contribution is -2.51. The quantitative estimate of drug-likeness (QED) is 0.486. The number of nitrogens with one attached hydrogen (secondary N) is 2. The molecule has 1 aliphatic rings. The van der Waals surface area contributed by atoms with Crippen LogP contribution in [0.5, 0.6) is 0 Å². The molecular weight excluding hydrogens is 138 g/mol. The van der Waals surface area contributed by atoms with E-state index in [-0.39, 0.29) is 5.66 Å². The second kappa shape index (κ2) is 3.07. The van der Waals surface area contributed by atoms with Crippen molar-refractivity contribution in [1.29, 1.82) is 0 Å². The van der Waals surface area contributed by atoms with E-state index in [2.05, 4.69) is 10.6 Å². The molecular formula is C8H15N3. The van der Waals surface area contributed by atoms with Gasteiger partial charge in [0.25, 0.3) is 0 Å². The van der Waals surface area contributed by atoms with Crippen LogP contribution in [0.15, 0.2) is 23.9 Å². The minimum Gasteiger partial charge on any atom is -0.391 e. The molecule has 4 N–H and O–H groups in total. The summed E-state index contributed by atoms with van der Waals surface area (Å²) in [6, 6.07) is 0. The molecule has 3 heteroatoms. The third kappa shape index (κ3) is 1.82. The Hall–Kier alpha value is -0.800. The Balaban J connectivity index is 2.68. The largest absolute Gasteiger partial charge is 0.391 e. The predicted molar refractivity (Wildman–Crippen MR) is 46.9 cm³/mol. The van der Waals surface area contributed by atoms with Crippen molar-refractivity contribution in [2.45, 2.75) is 12.1 Å². The minimum absolute atomic E-state index is 0.368. The van der Waals surface area contributed by atoms with Gasteiger partial charge in [-0.25, -0.2) is 0 Å². The molecule has 0 saturated heterocycles. The SMILES string of the molecule is CNC1=CC=CC(N)(NC)C1. The first-order chi connectivity index (χ1) is 5.20. The highest BCUT2D eigenvalue weighted by Gasteiger charge is 2.21. The van der Waals surface area contributed by atoms with Crippen LogP contribution in [0.4, 0.5) is 0 Å². The standard InChI is InChI=1S/C8H15N3/c1-10-7-4-3-5-8(9,6-7)11-2/h3-5,10-11H,6,9H2,1-2H3. The van der Waals surface area contributed by atoms with Gasteiger partial charge in [0.2, 0.25) is 0 Å². The highest BCUT2D eigenvalue weighted by molar-refractivity contribution is 5.24. The summed E-state index contributed by atoms with van der Waals surface area (Å²) in [6.07, 6.45) is 6.78. The number of nitrogens with two attached hydrogens (primary N) is 1. The third-order valence-corrected chi connectivity index (χ3v) is 1.96. The topological polar surface area (TPSA) is 50.1 Å². The number of hydrogen-bond donors (Lipinski definition) is 3. The van der Waals surface area contributed by atoms with E-state index in [0.717, 1.165) is 12.1 Å². The van der Waals surface area contributed by atoms with Crippen LogP contribution in [0.1, 0.15) is 6.42 Å². The molecule has 1 aliphatic carbocycles. The van der Waals surface area contributed by atoms with E-state index in [1.165, 1.54) is 0 Å². The van der Waals surface area contributed by atoms with Gasteiger partial charge in [-0.2, -0.15) is 0 Å². The normalized spacial score (nSPS) is 29.9. The highest BCUT2D eigenvalue weighted by atomic mass is 15.1. The van der Waals surface area contributed by atoms with E-state index in [1.54, 1.807) is 0 Å². The number of allylic oxidation sites excluding steroid dienone is 2. The van der Waals surface area contributed by atoms with E-state index in [1.807, 2.05) is 32.3 Å². The molecule has 0 aromatic carbocycles. The monoisotopic (exact) mass is 153 g/mol. The zero-order valence-electron chi connectivity index (χ0n) is 7.02. The molecule has 0 saturated carbocycles. The summed E-state index contributed by atoms with van der Waals surface area (Å²) >= 11 is 0. The van der Waals surface area contributed by atoms with E-state index >= 15 is 0 Å². The fraction of sp³-hybridized carbons (Fsp3) is 0.500. The van der Waals surface area contributed by atoms with Crippen LogP contribution in [0.2, 0.25) is 0 Å². The summed E-state index contributed by atoms with van der Waals surface area (Å²) in [5, 5.41) is 6.14. The van der Waals surface area contributed by atoms with Gasteiger partial charge in [-0.3, -0.25) is 5.32 Å². The zero-order chi connectivity index (χ0) is 8.32. The van der Waals surface area contributed by atoms with Gasteiger partial charge in [-0.15, -0.1) is 0 Å². The van der Waals surface area contributed by atoms with Gasteiger partial charge < -0.3 is 11.1 Å². The third-order valence-electron chi connectivity index (χ3n) is 1.96. The Labute approximate surface area is 67.3 Å². The Morgan fingerprint density at radius 2 is 2.27 bits per heavy atom. The summed E-state index contributed by atoms with van der Waals surface area (Å²) in [6.45, 7) is 0. The van der Waals surface area contributed by atoms with Crippen LogP contribution in [0, 0.1) is 0 Å². The lowest BCUT2D eigenvalue weighted by molar-refractivity contribution is 0.436. The van der Waals surface area contributed by atoms with Crippen molar-refractivity contribution in [3.05, 3.63) is 23.9 Å². The summed E-state index contributed by atoms with van der Waals surface area (Å²) < 4.78 is 0. The van der Waals surface area contributed by atoms with Crippen LogP contribution in [-0.4, -0.2) is 19.8 Å². The van der Waals surface area contributed by atoms with Gasteiger partial charge in [0.15, 0.2) is 0 Å². The molecule has 3 nitrogen and oxygen atoms in total. The van der Waals surface area contributed by atoms with Crippen LogP contribution in [-0.2, 0) is 0 Å². The predicted octanol–water partition coefficient (Wildman–Crippen LogP) is -0.0760. The summed E-state index contributed by atoms with van der Waals surface area (Å²) in [7, 11) is 3.77. The van der Waals surface area contributed by atoms with Gasteiger partial charge >= 0.3 is 0 Å². The molecule has 1 rings (SSSR count). The molecule has 0 bridgehead atoms. The van der Waals surface area contributed by atoms with E-state index < -0.39 is 0 Å². The number of likely N-dealkylation sites (N-methyl/N-ethyl adjacent to an activating group) is 1. The number of rotatable bonds is 2. The van der Waals surface area contributed by atoms with Crippen molar-refractivity contribution in [1.82, 2.24) is 10.6 Å². The first-order valence-electron chi connectivity index (χ1n) is 3.74. The maximum absolute atomic E-state index is 5.95. The highest BCUT2D eigenvalue weighted by Crippen LogP contribution is 2.15. The minimum atomic E-state index is -0.368. The van der Waals surface area contributed by atoms with Crippen molar-refractivity contribution in [2.75, 3.05) is 14.1 Å². The zero-order valence-corrected chi connectivity index (χ0v) is 7.02. The fourth-order valence-electron chi connectivity index (χ4n) is 1.11. The molecule has 0 aliphatic heterocycles. The Morgan fingerprint density at radius 3 is 2.82 bits per heavy atom. The van der Waals surface area contributed by atoms with Crippen LogP contribution < -0.4 is 16.4 Å². The second-order valence-electron chi connectivity index (χ2n) is 2.77.